The van der Waals surface area contributed by atoms with Gasteiger partial charge in [-0.2, -0.15) is 0 Å². The molecule has 0 radical (unpaired) electrons. The fourth-order valence-corrected chi connectivity index (χ4v) is 3.02. The van der Waals surface area contributed by atoms with Crippen LogP contribution in [0.25, 0.3) is 0 Å². The van der Waals surface area contributed by atoms with E-state index in [1.807, 2.05) is 0 Å². The Morgan fingerprint density at radius 2 is 1.81 bits per heavy atom. The van der Waals surface area contributed by atoms with Gasteiger partial charge < -0.3 is 10.1 Å². The minimum Gasteiger partial charge on any atom is -0.449 e. The molecule has 0 heterocycles. The summed E-state index contributed by atoms with van der Waals surface area (Å²) in [4.78, 5) is 24.7. The summed E-state index contributed by atoms with van der Waals surface area (Å²) in [7, 11) is -1.34. The molecule has 0 aliphatic rings. The highest BCUT2D eigenvalue weighted by Crippen LogP contribution is 2.14. The Labute approximate surface area is 154 Å². The van der Waals surface area contributed by atoms with Crippen molar-refractivity contribution in [3.8, 4) is 0 Å². The third-order valence-electron chi connectivity index (χ3n) is 3.70. The van der Waals surface area contributed by atoms with E-state index in [0.717, 1.165) is 5.56 Å². The Morgan fingerprint density at radius 3 is 2.46 bits per heavy atom. The first-order valence-electron chi connectivity index (χ1n) is 8.04. The molecule has 0 saturated heterocycles. The molecule has 1 amide bonds. The summed E-state index contributed by atoms with van der Waals surface area (Å²) in [5.41, 5.74) is 1.06. The topological polar surface area (TPSA) is 72.5 Å². The first-order chi connectivity index (χ1) is 12.4. The fraction of sp³-hybridized carbons (Fsp3) is 0.263. The highest BCUT2D eigenvalue weighted by atomic mass is 32.2. The van der Waals surface area contributed by atoms with Crippen LogP contribution in [-0.4, -0.2) is 35.0 Å². The largest absolute Gasteiger partial charge is 0.449 e. The van der Waals surface area contributed by atoms with Crippen LogP contribution in [0.3, 0.4) is 0 Å². The second-order valence-electron chi connectivity index (χ2n) is 5.67. The van der Waals surface area contributed by atoms with Gasteiger partial charge in [0.2, 0.25) is 0 Å². The second-order valence-corrected chi connectivity index (χ2v) is 7.01. The van der Waals surface area contributed by atoms with Crippen molar-refractivity contribution in [2.24, 2.45) is 0 Å². The van der Waals surface area contributed by atoms with E-state index in [4.69, 9.17) is 4.74 Å². The maximum absolute atomic E-state index is 12.8. The zero-order valence-electron chi connectivity index (χ0n) is 14.5. The van der Waals surface area contributed by atoms with Crippen LogP contribution in [0.4, 0.5) is 4.39 Å². The van der Waals surface area contributed by atoms with Crippen molar-refractivity contribution in [1.82, 2.24) is 5.32 Å². The molecule has 5 nitrogen and oxygen atoms in total. The van der Waals surface area contributed by atoms with E-state index in [0.29, 0.717) is 17.9 Å². The number of hydrogen-bond acceptors (Lipinski definition) is 4. The van der Waals surface area contributed by atoms with Gasteiger partial charge in [-0.05, 0) is 43.2 Å². The third kappa shape index (κ3) is 5.49. The molecule has 7 heteroatoms. The maximum atomic E-state index is 12.8. The number of carbonyl (C=O) groups excluding carboxylic acids is 2. The highest BCUT2D eigenvalue weighted by Gasteiger charge is 2.21. The number of benzene rings is 2. The van der Waals surface area contributed by atoms with Gasteiger partial charge in [0.25, 0.3) is 5.91 Å². The standard InChI is InChI=1S/C19H20FNO4S/c1-13(18(22)21-12-11-14-7-9-15(20)10-8-14)25-19(23)16-5-3-4-6-17(16)26(2)24/h3-10,13H,11-12H2,1-2H3,(H,21,22)/t13-,26+/m0/s1. The van der Waals surface area contributed by atoms with Crippen LogP contribution in [0.5, 0.6) is 0 Å². The lowest BCUT2D eigenvalue weighted by Crippen LogP contribution is -2.37. The van der Waals surface area contributed by atoms with Crippen LogP contribution in [0.1, 0.15) is 22.8 Å². The van der Waals surface area contributed by atoms with E-state index in [-0.39, 0.29) is 11.4 Å². The molecule has 0 spiro atoms. The van der Waals surface area contributed by atoms with Crippen LogP contribution < -0.4 is 5.32 Å². The van der Waals surface area contributed by atoms with Crippen LogP contribution in [-0.2, 0) is 26.8 Å². The number of rotatable bonds is 7. The summed E-state index contributed by atoms with van der Waals surface area (Å²) in [5.74, 6) is -1.45. The van der Waals surface area contributed by atoms with Gasteiger partial charge in [-0.1, -0.05) is 24.3 Å². The van der Waals surface area contributed by atoms with Gasteiger partial charge in [-0.15, -0.1) is 0 Å². The van der Waals surface area contributed by atoms with Crippen LogP contribution in [0, 0.1) is 5.82 Å². The molecule has 0 aliphatic carbocycles. The molecule has 0 unspecified atom stereocenters. The van der Waals surface area contributed by atoms with Gasteiger partial charge in [0.1, 0.15) is 5.82 Å². The molecule has 1 N–H and O–H groups in total. The van der Waals surface area contributed by atoms with Crippen molar-refractivity contribution >= 4 is 22.7 Å². The molecular formula is C19H20FNO4S. The quantitative estimate of drug-likeness (QED) is 0.753. The summed E-state index contributed by atoms with van der Waals surface area (Å²) >= 11 is 0. The van der Waals surface area contributed by atoms with E-state index in [1.165, 1.54) is 31.4 Å². The van der Waals surface area contributed by atoms with Crippen LogP contribution in [0.15, 0.2) is 53.4 Å². The maximum Gasteiger partial charge on any atom is 0.340 e. The second kappa shape index (κ2) is 9.24. The summed E-state index contributed by atoms with van der Waals surface area (Å²) in [6.07, 6.45) is 1.01. The van der Waals surface area contributed by atoms with Crippen LogP contribution >= 0.6 is 0 Å². The summed E-state index contributed by atoms with van der Waals surface area (Å²) in [6, 6.07) is 12.4. The minimum absolute atomic E-state index is 0.180. The third-order valence-corrected chi connectivity index (χ3v) is 4.67. The lowest BCUT2D eigenvalue weighted by atomic mass is 10.1. The first kappa shape index (κ1) is 19.8. The van der Waals surface area contributed by atoms with Gasteiger partial charge in [0, 0.05) is 12.8 Å². The molecule has 2 aromatic carbocycles. The summed E-state index contributed by atoms with van der Waals surface area (Å²) < 4.78 is 29.7. The predicted octanol–water partition coefficient (Wildman–Crippen LogP) is 2.47. The summed E-state index contributed by atoms with van der Waals surface area (Å²) in [5, 5.41) is 2.67. The monoisotopic (exact) mass is 377 g/mol. The number of nitrogens with one attached hydrogen (secondary N) is 1. The van der Waals surface area contributed by atoms with Gasteiger partial charge >= 0.3 is 5.97 Å². The Bertz CT molecular complexity index is 807. The van der Waals surface area contributed by atoms with E-state index < -0.39 is 28.8 Å². The number of amides is 1. The minimum atomic E-state index is -1.34. The van der Waals surface area contributed by atoms with Gasteiger partial charge in [0.05, 0.1) is 21.3 Å². The molecule has 2 aromatic rings. The molecule has 26 heavy (non-hydrogen) atoms. The average Bonchev–Trinajstić information content (AvgIpc) is 2.63. The lowest BCUT2D eigenvalue weighted by Gasteiger charge is -2.14. The number of carbonyl (C=O) groups is 2. The zero-order chi connectivity index (χ0) is 19.1. The smallest absolute Gasteiger partial charge is 0.340 e. The lowest BCUT2D eigenvalue weighted by molar-refractivity contribution is -0.129. The fourth-order valence-electron chi connectivity index (χ4n) is 2.29. The van der Waals surface area contributed by atoms with Crippen molar-refractivity contribution in [2.45, 2.75) is 24.3 Å². The van der Waals surface area contributed by atoms with E-state index >= 15 is 0 Å². The molecule has 0 fully saturated rings. The number of hydrogen-bond donors (Lipinski definition) is 1. The molecule has 138 valence electrons. The van der Waals surface area contributed by atoms with Gasteiger partial charge in [0.15, 0.2) is 6.10 Å². The Hall–Kier alpha value is -2.54. The normalized spacial score (nSPS) is 12.9. The summed E-state index contributed by atoms with van der Waals surface area (Å²) in [6.45, 7) is 1.80. The number of esters is 1. The zero-order valence-corrected chi connectivity index (χ0v) is 15.3. The molecule has 2 rings (SSSR count). The number of halogens is 1. The Balaban J connectivity index is 1.87. The van der Waals surface area contributed by atoms with Gasteiger partial charge in [-0.3, -0.25) is 9.00 Å². The van der Waals surface area contributed by atoms with Crippen molar-refractivity contribution in [3.05, 3.63) is 65.5 Å². The SMILES string of the molecule is C[C@H](OC(=O)c1ccccc1[S@@](C)=O)C(=O)NCCc1ccc(F)cc1. The van der Waals surface area contributed by atoms with E-state index in [2.05, 4.69) is 5.32 Å². The van der Waals surface area contributed by atoms with Crippen molar-refractivity contribution in [3.63, 3.8) is 0 Å². The predicted molar refractivity (Wildman–Crippen MR) is 96.8 cm³/mol. The van der Waals surface area contributed by atoms with E-state index in [9.17, 15) is 18.2 Å². The molecule has 0 saturated carbocycles. The number of ether oxygens (including phenoxy) is 1. The molecule has 0 aromatic heterocycles. The molecule has 2 atom stereocenters. The molecule has 0 bridgehead atoms. The van der Waals surface area contributed by atoms with Gasteiger partial charge in [-0.25, -0.2) is 9.18 Å². The molecular weight excluding hydrogens is 357 g/mol. The Kier molecular flexibility index (Phi) is 7.03. The highest BCUT2D eigenvalue weighted by molar-refractivity contribution is 7.84. The average molecular weight is 377 g/mol. The first-order valence-corrected chi connectivity index (χ1v) is 9.60. The van der Waals surface area contributed by atoms with E-state index in [1.54, 1.807) is 30.3 Å². The van der Waals surface area contributed by atoms with Crippen molar-refractivity contribution in [1.29, 1.82) is 0 Å². The Morgan fingerprint density at radius 1 is 1.15 bits per heavy atom. The molecule has 0 aliphatic heterocycles. The van der Waals surface area contributed by atoms with Crippen molar-refractivity contribution < 1.29 is 22.9 Å². The van der Waals surface area contributed by atoms with Crippen molar-refractivity contribution in [2.75, 3.05) is 12.8 Å². The van der Waals surface area contributed by atoms with Crippen LogP contribution in [0.2, 0.25) is 0 Å².